The molecule has 16 heavy (non-hydrogen) atoms. The smallest absolute Gasteiger partial charge is 0.0163 e. The van der Waals surface area contributed by atoms with Gasteiger partial charge in [0.25, 0.3) is 0 Å². The zero-order valence-corrected chi connectivity index (χ0v) is 10.8. The second kappa shape index (κ2) is 8.77. The number of rotatable bonds is 8. The van der Waals surface area contributed by atoms with E-state index in [9.17, 15) is 0 Å². The molecule has 0 saturated heterocycles. The highest BCUT2D eigenvalue weighted by Gasteiger charge is 2.09. The highest BCUT2D eigenvalue weighted by molar-refractivity contribution is 4.90. The largest absolute Gasteiger partial charge is 0.330 e. The summed E-state index contributed by atoms with van der Waals surface area (Å²) in [6.45, 7) is 6.83. The average molecular weight is 224 g/mol. The second-order valence-electron chi connectivity index (χ2n) is 4.93. The van der Waals surface area contributed by atoms with Crippen LogP contribution in [0.5, 0.6) is 0 Å². The zero-order valence-electron chi connectivity index (χ0n) is 10.8. The molecule has 0 aliphatic carbocycles. The van der Waals surface area contributed by atoms with Gasteiger partial charge < -0.3 is 5.73 Å². The second-order valence-corrected chi connectivity index (χ2v) is 4.93. The van der Waals surface area contributed by atoms with Crippen LogP contribution in [0.3, 0.4) is 0 Å². The molecule has 0 aromatic rings. The molecule has 1 atom stereocenters. The van der Waals surface area contributed by atoms with Crippen LogP contribution < -0.4 is 5.73 Å². The highest BCUT2D eigenvalue weighted by Crippen LogP contribution is 2.17. The van der Waals surface area contributed by atoms with E-state index in [0.29, 0.717) is 0 Å². The Morgan fingerprint density at radius 1 is 1.25 bits per heavy atom. The van der Waals surface area contributed by atoms with Gasteiger partial charge in [0.15, 0.2) is 0 Å². The molecule has 0 aromatic carbocycles. The van der Waals surface area contributed by atoms with Crippen LogP contribution in [0, 0.1) is 5.92 Å². The Balaban J connectivity index is 2.09. The Morgan fingerprint density at radius 2 is 2.12 bits per heavy atom. The van der Waals surface area contributed by atoms with Crippen LogP contribution in [-0.4, -0.2) is 31.1 Å². The van der Waals surface area contributed by atoms with Crippen molar-refractivity contribution >= 4 is 0 Å². The molecule has 0 amide bonds. The van der Waals surface area contributed by atoms with Crippen LogP contribution >= 0.6 is 0 Å². The first kappa shape index (κ1) is 13.7. The molecule has 1 aliphatic heterocycles. The number of hydrogen-bond donors (Lipinski definition) is 1. The maximum atomic E-state index is 5.65. The molecular weight excluding hydrogens is 196 g/mol. The normalized spacial score (nSPS) is 18.9. The molecule has 2 nitrogen and oxygen atoms in total. The molecule has 0 bridgehead atoms. The van der Waals surface area contributed by atoms with Crippen LogP contribution in [0.2, 0.25) is 0 Å². The average Bonchev–Trinajstić information content (AvgIpc) is 2.31. The Hall–Kier alpha value is -0.340. The monoisotopic (exact) mass is 224 g/mol. The maximum absolute atomic E-state index is 5.65. The van der Waals surface area contributed by atoms with Crippen LogP contribution in [0.25, 0.3) is 0 Å². The summed E-state index contributed by atoms with van der Waals surface area (Å²) < 4.78 is 0. The van der Waals surface area contributed by atoms with E-state index in [1.54, 1.807) is 0 Å². The molecule has 0 spiro atoms. The van der Waals surface area contributed by atoms with Crippen LogP contribution in [0.1, 0.15) is 45.4 Å². The summed E-state index contributed by atoms with van der Waals surface area (Å²) in [6, 6.07) is 0. The molecule has 1 unspecified atom stereocenters. The van der Waals surface area contributed by atoms with Crippen molar-refractivity contribution in [3.63, 3.8) is 0 Å². The van der Waals surface area contributed by atoms with Crippen molar-refractivity contribution in [3.8, 4) is 0 Å². The zero-order chi connectivity index (χ0) is 11.6. The van der Waals surface area contributed by atoms with Crippen LogP contribution in [0.4, 0.5) is 0 Å². The molecular formula is C14H28N2. The third-order valence-electron chi connectivity index (χ3n) is 3.50. The molecule has 2 N–H and O–H groups in total. The number of hydrogen-bond acceptors (Lipinski definition) is 2. The Labute approximate surface area is 101 Å². The van der Waals surface area contributed by atoms with Gasteiger partial charge in [-0.15, -0.1) is 0 Å². The lowest BCUT2D eigenvalue weighted by atomic mass is 9.94. The van der Waals surface area contributed by atoms with Crippen molar-refractivity contribution in [2.24, 2.45) is 11.7 Å². The van der Waals surface area contributed by atoms with E-state index in [1.165, 1.54) is 51.6 Å². The van der Waals surface area contributed by atoms with E-state index < -0.39 is 0 Å². The SMILES string of the molecule is CCCC(CCN)CCCN1CC=CCC1. The Morgan fingerprint density at radius 3 is 2.75 bits per heavy atom. The Kier molecular flexibility index (Phi) is 7.52. The topological polar surface area (TPSA) is 29.3 Å². The van der Waals surface area contributed by atoms with E-state index in [4.69, 9.17) is 5.73 Å². The molecule has 94 valence electrons. The summed E-state index contributed by atoms with van der Waals surface area (Å²) in [4.78, 5) is 2.56. The third-order valence-corrected chi connectivity index (χ3v) is 3.50. The predicted molar refractivity (Wildman–Crippen MR) is 71.5 cm³/mol. The summed E-state index contributed by atoms with van der Waals surface area (Å²) >= 11 is 0. The quantitative estimate of drug-likeness (QED) is 0.642. The molecule has 1 aliphatic rings. The minimum absolute atomic E-state index is 0.858. The lowest BCUT2D eigenvalue weighted by molar-refractivity contribution is 0.277. The summed E-state index contributed by atoms with van der Waals surface area (Å²) in [6.07, 6.45) is 12.4. The first-order chi connectivity index (χ1) is 7.86. The van der Waals surface area contributed by atoms with Crippen LogP contribution in [0.15, 0.2) is 12.2 Å². The fourth-order valence-electron chi connectivity index (χ4n) is 2.57. The van der Waals surface area contributed by atoms with Gasteiger partial charge in [0, 0.05) is 13.1 Å². The molecule has 2 heteroatoms. The van der Waals surface area contributed by atoms with Gasteiger partial charge in [-0.3, -0.25) is 4.90 Å². The summed E-state index contributed by atoms with van der Waals surface area (Å²) in [7, 11) is 0. The maximum Gasteiger partial charge on any atom is 0.0163 e. The minimum Gasteiger partial charge on any atom is -0.330 e. The molecule has 0 radical (unpaired) electrons. The molecule has 0 saturated carbocycles. The van der Waals surface area contributed by atoms with Gasteiger partial charge in [0.05, 0.1) is 0 Å². The standard InChI is InChI=1S/C14H28N2/c1-2-7-14(9-10-15)8-6-13-16-11-4-3-5-12-16/h3-4,14H,2,5-13,15H2,1H3. The van der Waals surface area contributed by atoms with Crippen molar-refractivity contribution in [3.05, 3.63) is 12.2 Å². The van der Waals surface area contributed by atoms with Gasteiger partial charge in [0.1, 0.15) is 0 Å². The fraction of sp³-hybridized carbons (Fsp3) is 0.857. The third kappa shape index (κ3) is 5.66. The van der Waals surface area contributed by atoms with E-state index in [2.05, 4.69) is 24.0 Å². The number of nitrogens with zero attached hydrogens (tertiary/aromatic N) is 1. The lowest BCUT2D eigenvalue weighted by Crippen LogP contribution is -2.28. The fourth-order valence-corrected chi connectivity index (χ4v) is 2.57. The van der Waals surface area contributed by atoms with Gasteiger partial charge in [-0.25, -0.2) is 0 Å². The van der Waals surface area contributed by atoms with Crippen molar-refractivity contribution < 1.29 is 0 Å². The summed E-state index contributed by atoms with van der Waals surface area (Å²) in [5.74, 6) is 0.871. The lowest BCUT2D eigenvalue weighted by Gasteiger charge is -2.24. The van der Waals surface area contributed by atoms with E-state index >= 15 is 0 Å². The first-order valence-corrected chi connectivity index (χ1v) is 6.94. The van der Waals surface area contributed by atoms with Crippen molar-refractivity contribution in [1.82, 2.24) is 4.90 Å². The van der Waals surface area contributed by atoms with Gasteiger partial charge in [-0.05, 0) is 44.7 Å². The molecule has 0 fully saturated rings. The van der Waals surface area contributed by atoms with E-state index in [-0.39, 0.29) is 0 Å². The van der Waals surface area contributed by atoms with Crippen molar-refractivity contribution in [2.45, 2.75) is 45.4 Å². The Bertz CT molecular complexity index is 183. The summed E-state index contributed by atoms with van der Waals surface area (Å²) in [5, 5.41) is 0. The van der Waals surface area contributed by atoms with Crippen molar-refractivity contribution in [2.75, 3.05) is 26.2 Å². The van der Waals surface area contributed by atoms with Gasteiger partial charge >= 0.3 is 0 Å². The van der Waals surface area contributed by atoms with Gasteiger partial charge in [-0.1, -0.05) is 31.9 Å². The molecule has 1 rings (SSSR count). The van der Waals surface area contributed by atoms with Crippen molar-refractivity contribution in [1.29, 1.82) is 0 Å². The predicted octanol–water partition coefficient (Wildman–Crippen LogP) is 2.79. The highest BCUT2D eigenvalue weighted by atomic mass is 15.1. The number of nitrogens with two attached hydrogens (primary N) is 1. The van der Waals surface area contributed by atoms with Gasteiger partial charge in [-0.2, -0.15) is 0 Å². The molecule has 1 heterocycles. The summed E-state index contributed by atoms with van der Waals surface area (Å²) in [5.41, 5.74) is 5.65. The first-order valence-electron chi connectivity index (χ1n) is 6.94. The van der Waals surface area contributed by atoms with E-state index in [1.807, 2.05) is 0 Å². The van der Waals surface area contributed by atoms with Crippen LogP contribution in [-0.2, 0) is 0 Å². The van der Waals surface area contributed by atoms with Gasteiger partial charge in [0.2, 0.25) is 0 Å². The minimum atomic E-state index is 0.858. The molecule has 0 aromatic heterocycles. The van der Waals surface area contributed by atoms with E-state index in [0.717, 1.165) is 19.0 Å².